The number of benzene rings is 4. The van der Waals surface area contributed by atoms with E-state index >= 15 is 0 Å². The van der Waals surface area contributed by atoms with Crippen LogP contribution in [0.5, 0.6) is 0 Å². The number of allylic oxidation sites excluding steroid dienone is 1. The first-order valence-corrected chi connectivity index (χ1v) is 18.1. The monoisotopic (exact) mass is 613 g/mol. The van der Waals surface area contributed by atoms with Gasteiger partial charge < -0.3 is 0 Å². The number of hydrogen-bond donors (Lipinski definition) is 0. The Labute approximate surface area is 280 Å². The second kappa shape index (κ2) is 19.0. The summed E-state index contributed by atoms with van der Waals surface area (Å²) in [6, 6.07) is 33.4. The van der Waals surface area contributed by atoms with Crippen LogP contribution in [0.15, 0.2) is 102 Å². The van der Waals surface area contributed by atoms with Crippen LogP contribution in [0.4, 0.5) is 5.69 Å². The lowest BCUT2D eigenvalue weighted by Gasteiger charge is -2.15. The molecule has 0 saturated carbocycles. The van der Waals surface area contributed by atoms with E-state index in [0.29, 0.717) is 0 Å². The van der Waals surface area contributed by atoms with Crippen molar-refractivity contribution >= 4 is 11.8 Å². The number of nitrogens with zero attached hydrogens (tertiary/aromatic N) is 2. The van der Waals surface area contributed by atoms with Gasteiger partial charge in [-0.1, -0.05) is 156 Å². The van der Waals surface area contributed by atoms with Crippen LogP contribution in [-0.2, 0) is 12.8 Å². The zero-order valence-corrected chi connectivity index (χ0v) is 29.3. The molecule has 0 saturated heterocycles. The minimum Gasteiger partial charge on any atom is -0.0906 e. The largest absolute Gasteiger partial charge is 0.208 e. The predicted molar refractivity (Wildman–Crippen MR) is 200 cm³/mol. The maximum Gasteiger partial charge on any atom is 0.208 e. The third kappa shape index (κ3) is 10.6. The fourth-order valence-electron chi connectivity index (χ4n) is 6.57. The van der Waals surface area contributed by atoms with Gasteiger partial charge in [0.25, 0.3) is 0 Å². The molecule has 0 bridgehead atoms. The van der Waals surface area contributed by atoms with E-state index in [4.69, 9.17) is 5.11 Å². The van der Waals surface area contributed by atoms with E-state index in [2.05, 4.69) is 137 Å². The van der Waals surface area contributed by atoms with E-state index in [0.717, 1.165) is 24.9 Å². The van der Waals surface area contributed by atoms with E-state index in [9.17, 15) is 0 Å². The topological polar surface area (TPSA) is 15.4 Å². The standard InChI is InChI=1S/C44H57N2/c1-6-9-11-13-14-17-23-36-30-41(38-24-19-15-20-25-38)34-42(32-36)45-46(5)43(8-3)33-37-29-35(4)44(39-26-21-16-22-27-39)40(31-37)28-18-12-10-7-2/h15-16,19-22,24-27,29-34H,6-14,17-18,23,28H2,1-5H3/q+1. The Morgan fingerprint density at radius 1 is 0.630 bits per heavy atom. The van der Waals surface area contributed by atoms with Crippen LogP contribution in [0.2, 0.25) is 0 Å². The molecule has 4 aromatic carbocycles. The SMILES string of the molecule is CCCCCCCCc1cc(N=[N+](C)C(=Cc2cc(C)c(-c3ccccc3)c(CCCCCC)c2)CC)cc(-c2ccccc2)c1. The molecular formula is C44H57N2+. The van der Waals surface area contributed by atoms with Crippen LogP contribution < -0.4 is 0 Å². The van der Waals surface area contributed by atoms with E-state index < -0.39 is 0 Å². The highest BCUT2D eigenvalue weighted by Gasteiger charge is 2.14. The van der Waals surface area contributed by atoms with Crippen LogP contribution in [0, 0.1) is 6.92 Å². The molecule has 2 nitrogen and oxygen atoms in total. The average Bonchev–Trinajstić information content (AvgIpc) is 3.07. The normalized spacial score (nSPS) is 12.1. The Balaban J connectivity index is 1.64. The van der Waals surface area contributed by atoms with Gasteiger partial charge in [-0.2, -0.15) is 0 Å². The summed E-state index contributed by atoms with van der Waals surface area (Å²) in [5, 5.41) is 5.19. The second-order valence-corrected chi connectivity index (χ2v) is 12.9. The number of rotatable bonds is 18. The molecule has 4 aromatic rings. The summed E-state index contributed by atoms with van der Waals surface area (Å²) in [5.74, 6) is 0. The Bertz CT molecular complexity index is 1550. The van der Waals surface area contributed by atoms with Gasteiger partial charge in [0.15, 0.2) is 7.05 Å². The van der Waals surface area contributed by atoms with E-state index in [1.807, 2.05) is 0 Å². The summed E-state index contributed by atoms with van der Waals surface area (Å²) in [4.78, 5) is 0. The Morgan fingerprint density at radius 3 is 1.91 bits per heavy atom. The number of hydrogen-bond acceptors (Lipinski definition) is 1. The molecule has 0 heterocycles. The predicted octanol–water partition coefficient (Wildman–Crippen LogP) is 13.5. The lowest BCUT2D eigenvalue weighted by molar-refractivity contribution is -0.512. The van der Waals surface area contributed by atoms with Crippen molar-refractivity contribution in [3.8, 4) is 22.3 Å². The first-order valence-electron chi connectivity index (χ1n) is 18.1. The van der Waals surface area contributed by atoms with Crippen LogP contribution in [0.3, 0.4) is 0 Å². The molecule has 4 rings (SSSR count). The maximum atomic E-state index is 5.19. The number of unbranched alkanes of at least 4 members (excludes halogenated alkanes) is 8. The molecule has 0 spiro atoms. The van der Waals surface area contributed by atoms with E-state index in [1.54, 1.807) is 0 Å². The Hall–Kier alpha value is -3.78. The molecule has 0 radical (unpaired) electrons. The number of aryl methyl sites for hydroxylation is 3. The fraction of sp³-hybridized carbons (Fsp3) is 0.409. The molecule has 0 atom stereocenters. The highest BCUT2D eigenvalue weighted by Crippen LogP contribution is 2.32. The summed E-state index contributed by atoms with van der Waals surface area (Å²) in [6.45, 7) is 9.08. The molecule has 0 unspecified atom stereocenters. The molecule has 0 aliphatic rings. The lowest BCUT2D eigenvalue weighted by Crippen LogP contribution is -2.02. The first kappa shape index (κ1) is 35.1. The van der Waals surface area contributed by atoms with Gasteiger partial charge in [-0.3, -0.25) is 0 Å². The smallest absolute Gasteiger partial charge is 0.0906 e. The van der Waals surface area contributed by atoms with Crippen molar-refractivity contribution in [2.75, 3.05) is 7.05 Å². The summed E-state index contributed by atoms with van der Waals surface area (Å²) < 4.78 is 2.10. The third-order valence-electron chi connectivity index (χ3n) is 9.08. The zero-order chi connectivity index (χ0) is 32.6. The molecule has 2 heteroatoms. The molecule has 0 fully saturated rings. The van der Waals surface area contributed by atoms with Crippen LogP contribution in [-0.4, -0.2) is 11.7 Å². The van der Waals surface area contributed by atoms with Crippen molar-refractivity contribution in [2.24, 2.45) is 5.11 Å². The molecule has 46 heavy (non-hydrogen) atoms. The Morgan fingerprint density at radius 2 is 1.24 bits per heavy atom. The minimum atomic E-state index is 0.911. The van der Waals surface area contributed by atoms with Crippen molar-refractivity contribution in [2.45, 2.75) is 111 Å². The number of azo groups is 2. The molecule has 242 valence electrons. The summed E-state index contributed by atoms with van der Waals surface area (Å²) in [7, 11) is 2.11. The van der Waals surface area contributed by atoms with Gasteiger partial charge in [-0.05, 0) is 94.4 Å². The van der Waals surface area contributed by atoms with Crippen LogP contribution in [0.25, 0.3) is 28.3 Å². The quantitative estimate of drug-likeness (QED) is 0.0603. The zero-order valence-electron chi connectivity index (χ0n) is 29.3. The van der Waals surface area contributed by atoms with E-state index in [1.165, 1.54) is 114 Å². The fourth-order valence-corrected chi connectivity index (χ4v) is 6.57. The highest BCUT2D eigenvalue weighted by atomic mass is 15.3. The lowest BCUT2D eigenvalue weighted by atomic mass is 9.90. The molecule has 0 amide bonds. The average molecular weight is 614 g/mol. The summed E-state index contributed by atoms with van der Waals surface area (Å²) in [6.07, 6.45) is 18.4. The summed E-state index contributed by atoms with van der Waals surface area (Å²) in [5.41, 5.74) is 12.9. The molecule has 0 aliphatic carbocycles. The highest BCUT2D eigenvalue weighted by molar-refractivity contribution is 5.74. The van der Waals surface area contributed by atoms with Gasteiger partial charge in [0.1, 0.15) is 5.69 Å². The van der Waals surface area contributed by atoms with Crippen molar-refractivity contribution in [3.05, 3.63) is 119 Å². The third-order valence-corrected chi connectivity index (χ3v) is 9.08. The second-order valence-electron chi connectivity index (χ2n) is 12.9. The Kier molecular flexibility index (Phi) is 14.5. The van der Waals surface area contributed by atoms with Gasteiger partial charge in [0, 0.05) is 12.5 Å². The van der Waals surface area contributed by atoms with Crippen LogP contribution in [0.1, 0.15) is 114 Å². The van der Waals surface area contributed by atoms with Crippen molar-refractivity contribution < 1.29 is 4.70 Å². The minimum absolute atomic E-state index is 0.911. The maximum absolute atomic E-state index is 5.19. The summed E-state index contributed by atoms with van der Waals surface area (Å²) >= 11 is 0. The molecular weight excluding hydrogens is 556 g/mol. The van der Waals surface area contributed by atoms with Crippen molar-refractivity contribution in [3.63, 3.8) is 0 Å². The van der Waals surface area contributed by atoms with Crippen molar-refractivity contribution in [1.82, 2.24) is 0 Å². The molecule has 0 N–H and O–H groups in total. The van der Waals surface area contributed by atoms with Gasteiger partial charge in [0.2, 0.25) is 5.70 Å². The van der Waals surface area contributed by atoms with Gasteiger partial charge in [-0.25, -0.2) is 0 Å². The van der Waals surface area contributed by atoms with Gasteiger partial charge in [-0.15, -0.1) is 0 Å². The first-order chi connectivity index (χ1) is 22.5. The molecule has 0 aliphatic heterocycles. The van der Waals surface area contributed by atoms with Gasteiger partial charge in [0.05, 0.1) is 0 Å². The molecule has 0 aromatic heterocycles. The van der Waals surface area contributed by atoms with Gasteiger partial charge >= 0.3 is 0 Å². The van der Waals surface area contributed by atoms with Crippen molar-refractivity contribution in [1.29, 1.82) is 0 Å². The van der Waals surface area contributed by atoms with Crippen LogP contribution >= 0.6 is 0 Å². The van der Waals surface area contributed by atoms with E-state index in [-0.39, 0.29) is 0 Å².